The lowest BCUT2D eigenvalue weighted by Crippen LogP contribution is -2.54. The van der Waals surface area contributed by atoms with Gasteiger partial charge in [-0.05, 0) is 5.56 Å². The number of halogens is 1. The molecule has 1 amide bonds. The molecule has 1 atom stereocenters. The third-order valence-electron chi connectivity index (χ3n) is 4.94. The molecule has 136 valence electrons. The summed E-state index contributed by atoms with van der Waals surface area (Å²) in [5.41, 5.74) is -2.52. The molecule has 0 bridgehead atoms. The van der Waals surface area contributed by atoms with Crippen LogP contribution in [0.15, 0.2) is 30.3 Å². The predicted molar refractivity (Wildman–Crippen MR) is 86.7 cm³/mol. The Bertz CT molecular complexity index is 632. The number of carbonyl (C=O) groups is 2. The summed E-state index contributed by atoms with van der Waals surface area (Å²) in [6.45, 7) is 0.680. The van der Waals surface area contributed by atoms with Gasteiger partial charge in [0.2, 0.25) is 5.67 Å². The summed E-state index contributed by atoms with van der Waals surface area (Å²) in [5.74, 6) is -1.86. The molecule has 1 N–H and O–H groups in total. The lowest BCUT2D eigenvalue weighted by atomic mass is 9.92. The first-order chi connectivity index (χ1) is 12.0. The number of ether oxygens (including phenoxy) is 2. The highest BCUT2D eigenvalue weighted by atomic mass is 19.1. The van der Waals surface area contributed by atoms with Gasteiger partial charge in [-0.25, -0.2) is 9.18 Å². The van der Waals surface area contributed by atoms with E-state index in [2.05, 4.69) is 0 Å². The minimum absolute atomic E-state index is 0.0823. The standard InChI is InChI=1S/C18H22FNO5/c19-17(16(22)23)6-9-20(13-17)15(21)18(7-10-24-11-8-18)25-12-14-4-2-1-3-5-14/h1-5H,6-13H2,(H,22,23). The van der Waals surface area contributed by atoms with Crippen molar-refractivity contribution in [1.82, 2.24) is 4.90 Å². The second kappa shape index (κ2) is 7.09. The van der Waals surface area contributed by atoms with Crippen molar-refractivity contribution < 1.29 is 28.6 Å². The van der Waals surface area contributed by atoms with Crippen molar-refractivity contribution in [2.75, 3.05) is 26.3 Å². The van der Waals surface area contributed by atoms with E-state index >= 15 is 0 Å². The van der Waals surface area contributed by atoms with Gasteiger partial charge in [-0.3, -0.25) is 4.79 Å². The molecule has 1 aromatic carbocycles. The van der Waals surface area contributed by atoms with Crippen molar-refractivity contribution in [2.24, 2.45) is 0 Å². The van der Waals surface area contributed by atoms with Gasteiger partial charge in [-0.15, -0.1) is 0 Å². The number of amides is 1. The Balaban J connectivity index is 1.73. The minimum atomic E-state index is -2.37. The molecule has 2 aliphatic rings. The molecule has 2 heterocycles. The number of carbonyl (C=O) groups excluding carboxylic acids is 1. The first kappa shape index (κ1) is 17.8. The zero-order valence-corrected chi connectivity index (χ0v) is 13.9. The Labute approximate surface area is 145 Å². The number of nitrogens with zero attached hydrogens (tertiary/aromatic N) is 1. The highest BCUT2D eigenvalue weighted by Gasteiger charge is 2.51. The molecule has 1 aromatic rings. The lowest BCUT2D eigenvalue weighted by Gasteiger charge is -2.38. The number of alkyl halides is 1. The second-order valence-corrected chi connectivity index (χ2v) is 6.63. The van der Waals surface area contributed by atoms with E-state index in [4.69, 9.17) is 14.6 Å². The number of carboxylic acid groups (broad SMARTS) is 1. The van der Waals surface area contributed by atoms with E-state index in [1.807, 2.05) is 30.3 Å². The molecular weight excluding hydrogens is 329 g/mol. The Morgan fingerprint density at radius 2 is 1.88 bits per heavy atom. The number of hydrogen-bond donors (Lipinski definition) is 1. The third-order valence-corrected chi connectivity index (χ3v) is 4.94. The normalized spacial score (nSPS) is 25.7. The topological polar surface area (TPSA) is 76.1 Å². The number of likely N-dealkylation sites (tertiary alicyclic amines) is 1. The van der Waals surface area contributed by atoms with Gasteiger partial charge in [-0.2, -0.15) is 0 Å². The van der Waals surface area contributed by atoms with Crippen molar-refractivity contribution in [3.63, 3.8) is 0 Å². The Kier molecular flexibility index (Phi) is 5.06. The molecule has 7 heteroatoms. The summed E-state index contributed by atoms with van der Waals surface area (Å²) in [5, 5.41) is 9.03. The van der Waals surface area contributed by atoms with Gasteiger partial charge < -0.3 is 19.5 Å². The summed E-state index contributed by atoms with van der Waals surface area (Å²) in [6.07, 6.45) is 0.558. The fourth-order valence-corrected chi connectivity index (χ4v) is 3.33. The van der Waals surface area contributed by atoms with Gasteiger partial charge >= 0.3 is 5.97 Å². The van der Waals surface area contributed by atoms with Crippen molar-refractivity contribution in [3.05, 3.63) is 35.9 Å². The van der Waals surface area contributed by atoms with Gasteiger partial charge in [0.1, 0.15) is 0 Å². The van der Waals surface area contributed by atoms with Crippen molar-refractivity contribution in [1.29, 1.82) is 0 Å². The van der Waals surface area contributed by atoms with Crippen LogP contribution in [0.4, 0.5) is 4.39 Å². The SMILES string of the molecule is O=C(O)C1(F)CCN(C(=O)C2(OCc3ccccc3)CCOCC2)C1. The predicted octanol–water partition coefficient (Wildman–Crippen LogP) is 1.78. The van der Waals surface area contributed by atoms with E-state index < -0.39 is 23.8 Å². The monoisotopic (exact) mass is 351 g/mol. The molecule has 0 saturated carbocycles. The molecule has 1 unspecified atom stereocenters. The summed E-state index contributed by atoms with van der Waals surface area (Å²) in [4.78, 5) is 25.4. The Morgan fingerprint density at radius 1 is 1.20 bits per heavy atom. The van der Waals surface area contributed by atoms with E-state index in [1.165, 1.54) is 4.90 Å². The molecule has 0 radical (unpaired) electrons. The Morgan fingerprint density at radius 3 is 2.48 bits per heavy atom. The van der Waals surface area contributed by atoms with Crippen LogP contribution in [0.2, 0.25) is 0 Å². The maximum absolute atomic E-state index is 14.3. The number of aliphatic carboxylic acids is 1. The summed E-state index contributed by atoms with van der Waals surface area (Å²) in [7, 11) is 0. The number of rotatable bonds is 5. The molecular formula is C18H22FNO5. The van der Waals surface area contributed by atoms with Crippen LogP contribution in [0.3, 0.4) is 0 Å². The van der Waals surface area contributed by atoms with Crippen LogP contribution in [-0.4, -0.2) is 59.5 Å². The largest absolute Gasteiger partial charge is 0.479 e. The van der Waals surface area contributed by atoms with Gasteiger partial charge in [0, 0.05) is 39.0 Å². The average Bonchev–Trinajstić information content (AvgIpc) is 3.05. The van der Waals surface area contributed by atoms with E-state index in [9.17, 15) is 14.0 Å². The highest BCUT2D eigenvalue weighted by Crippen LogP contribution is 2.33. The van der Waals surface area contributed by atoms with Gasteiger partial charge in [0.15, 0.2) is 5.60 Å². The lowest BCUT2D eigenvalue weighted by molar-refractivity contribution is -0.174. The molecule has 6 nitrogen and oxygen atoms in total. The molecule has 3 rings (SSSR count). The minimum Gasteiger partial charge on any atom is -0.479 e. The van der Waals surface area contributed by atoms with E-state index in [-0.39, 0.29) is 25.5 Å². The number of benzene rings is 1. The molecule has 2 saturated heterocycles. The fraction of sp³-hybridized carbons (Fsp3) is 0.556. The molecule has 2 fully saturated rings. The van der Waals surface area contributed by atoms with E-state index in [0.717, 1.165) is 5.56 Å². The van der Waals surface area contributed by atoms with Crippen LogP contribution in [-0.2, 0) is 25.7 Å². The molecule has 0 aromatic heterocycles. The van der Waals surface area contributed by atoms with Crippen LogP contribution in [0.5, 0.6) is 0 Å². The van der Waals surface area contributed by atoms with Crippen molar-refractivity contribution in [2.45, 2.75) is 37.1 Å². The summed E-state index contributed by atoms with van der Waals surface area (Å²) >= 11 is 0. The maximum Gasteiger partial charge on any atom is 0.343 e. The average molecular weight is 351 g/mol. The fourth-order valence-electron chi connectivity index (χ4n) is 3.33. The van der Waals surface area contributed by atoms with E-state index in [0.29, 0.717) is 26.1 Å². The van der Waals surface area contributed by atoms with Gasteiger partial charge in [-0.1, -0.05) is 30.3 Å². The Hall–Kier alpha value is -1.99. The first-order valence-electron chi connectivity index (χ1n) is 8.43. The van der Waals surface area contributed by atoms with Crippen LogP contribution in [0.1, 0.15) is 24.8 Å². The smallest absolute Gasteiger partial charge is 0.343 e. The zero-order chi connectivity index (χ0) is 17.9. The van der Waals surface area contributed by atoms with Gasteiger partial charge in [0.25, 0.3) is 5.91 Å². The number of hydrogen-bond acceptors (Lipinski definition) is 4. The quantitative estimate of drug-likeness (QED) is 0.875. The van der Waals surface area contributed by atoms with Crippen LogP contribution in [0.25, 0.3) is 0 Å². The van der Waals surface area contributed by atoms with Crippen LogP contribution < -0.4 is 0 Å². The summed E-state index contributed by atoms with van der Waals surface area (Å²) in [6, 6.07) is 9.49. The van der Waals surface area contributed by atoms with E-state index in [1.54, 1.807) is 0 Å². The first-order valence-corrected chi connectivity index (χ1v) is 8.43. The summed E-state index contributed by atoms with van der Waals surface area (Å²) < 4.78 is 25.7. The molecule has 25 heavy (non-hydrogen) atoms. The van der Waals surface area contributed by atoms with Crippen LogP contribution in [0, 0.1) is 0 Å². The zero-order valence-electron chi connectivity index (χ0n) is 13.9. The third kappa shape index (κ3) is 3.67. The maximum atomic E-state index is 14.3. The second-order valence-electron chi connectivity index (χ2n) is 6.63. The van der Waals surface area contributed by atoms with Crippen molar-refractivity contribution in [3.8, 4) is 0 Å². The molecule has 0 aliphatic carbocycles. The van der Waals surface area contributed by atoms with Crippen LogP contribution >= 0.6 is 0 Å². The molecule has 2 aliphatic heterocycles. The van der Waals surface area contributed by atoms with Crippen molar-refractivity contribution >= 4 is 11.9 Å². The molecule has 0 spiro atoms. The van der Waals surface area contributed by atoms with Gasteiger partial charge in [0.05, 0.1) is 13.2 Å². The highest BCUT2D eigenvalue weighted by molar-refractivity contribution is 5.87. The number of carboxylic acids is 1.